The molecule has 0 aliphatic heterocycles. The lowest BCUT2D eigenvalue weighted by atomic mass is 9.59. The van der Waals surface area contributed by atoms with Crippen molar-refractivity contribution < 1.29 is 0 Å². The largest absolute Gasteiger partial charge is 0.316 e. The van der Waals surface area contributed by atoms with Crippen LogP contribution in [0.4, 0.5) is 0 Å². The third-order valence-electron chi connectivity index (χ3n) is 7.50. The Morgan fingerprint density at radius 3 is 1.88 bits per heavy atom. The first-order chi connectivity index (χ1) is 11.8. The molecule has 0 rings (SSSR count). The van der Waals surface area contributed by atoms with Crippen LogP contribution in [0, 0.1) is 22.7 Å². The van der Waals surface area contributed by atoms with Crippen LogP contribution < -0.4 is 5.32 Å². The van der Waals surface area contributed by atoms with Gasteiger partial charge in [-0.05, 0) is 48.5 Å². The van der Waals surface area contributed by atoms with Gasteiger partial charge in [-0.15, -0.1) is 0 Å². The third kappa shape index (κ3) is 8.46. The zero-order valence-electron chi connectivity index (χ0n) is 19.1. The van der Waals surface area contributed by atoms with Crippen LogP contribution in [0.3, 0.4) is 0 Å². The van der Waals surface area contributed by atoms with Crippen LogP contribution in [0.1, 0.15) is 120 Å². The number of hydrogen-bond donors (Lipinski definition) is 1. The number of unbranched alkanes of at least 4 members (excludes halogenated alkanes) is 1. The van der Waals surface area contributed by atoms with Crippen molar-refractivity contribution in [2.24, 2.45) is 22.7 Å². The Bertz CT molecular complexity index is 309. The molecule has 0 aromatic rings. The molecule has 0 spiro atoms. The minimum atomic E-state index is 0.402. The predicted molar refractivity (Wildman–Crippen MR) is 116 cm³/mol. The molecule has 1 heteroatoms. The molecule has 0 saturated carbocycles. The van der Waals surface area contributed by atoms with Gasteiger partial charge in [0.15, 0.2) is 0 Å². The van der Waals surface area contributed by atoms with Crippen LogP contribution in [0.2, 0.25) is 0 Å². The van der Waals surface area contributed by atoms with Gasteiger partial charge < -0.3 is 5.32 Å². The fourth-order valence-electron chi connectivity index (χ4n) is 4.57. The van der Waals surface area contributed by atoms with Gasteiger partial charge in [-0.25, -0.2) is 0 Å². The van der Waals surface area contributed by atoms with Crippen molar-refractivity contribution in [1.82, 2.24) is 5.32 Å². The van der Waals surface area contributed by atoms with Gasteiger partial charge in [-0.1, -0.05) is 100 Å². The van der Waals surface area contributed by atoms with E-state index in [1.165, 1.54) is 77.3 Å². The highest BCUT2D eigenvalue weighted by molar-refractivity contribution is 4.93. The lowest BCUT2D eigenvalue weighted by Gasteiger charge is -2.48. The van der Waals surface area contributed by atoms with E-state index in [-0.39, 0.29) is 0 Å². The Balaban J connectivity index is 4.64. The van der Waals surface area contributed by atoms with E-state index in [0.29, 0.717) is 10.8 Å². The summed E-state index contributed by atoms with van der Waals surface area (Å²) in [5, 5.41) is 3.76. The van der Waals surface area contributed by atoms with E-state index >= 15 is 0 Å². The molecule has 0 aliphatic rings. The van der Waals surface area contributed by atoms with Gasteiger partial charge in [0.05, 0.1) is 0 Å². The second-order valence-corrected chi connectivity index (χ2v) is 9.28. The molecule has 0 aromatic carbocycles. The zero-order valence-corrected chi connectivity index (χ0v) is 19.1. The summed E-state index contributed by atoms with van der Waals surface area (Å²) < 4.78 is 0. The molecule has 2 unspecified atom stereocenters. The molecule has 0 heterocycles. The van der Waals surface area contributed by atoms with Crippen molar-refractivity contribution >= 4 is 0 Å². The molecule has 0 aromatic heterocycles. The van der Waals surface area contributed by atoms with Gasteiger partial charge in [-0.3, -0.25) is 0 Å². The van der Waals surface area contributed by atoms with Gasteiger partial charge in [-0.2, -0.15) is 0 Å². The van der Waals surface area contributed by atoms with Crippen molar-refractivity contribution in [1.29, 1.82) is 0 Å². The number of hydrogen-bond acceptors (Lipinski definition) is 1. The molecule has 0 amide bonds. The number of rotatable bonds is 16. The standard InChI is InChI=1S/C24H51N/c1-9-14-18-25-20-24(8,13-5)23(7,12-4)19-21(6)16-15-17-22(10-2)11-3/h21-22,25H,9-20H2,1-8H3/t21?,23?,24-/m1/s1. The van der Waals surface area contributed by atoms with Gasteiger partial charge in [0.1, 0.15) is 0 Å². The summed E-state index contributed by atoms with van der Waals surface area (Å²) in [6, 6.07) is 0. The first kappa shape index (κ1) is 25.0. The summed E-state index contributed by atoms with van der Waals surface area (Å²) in [5.74, 6) is 1.80. The topological polar surface area (TPSA) is 12.0 Å². The van der Waals surface area contributed by atoms with E-state index in [2.05, 4.69) is 60.7 Å². The lowest BCUT2D eigenvalue weighted by Crippen LogP contribution is -2.45. The molecule has 0 fully saturated rings. The molecule has 152 valence electrons. The van der Waals surface area contributed by atoms with Crippen LogP contribution in [0.25, 0.3) is 0 Å². The molecule has 0 radical (unpaired) electrons. The molecule has 25 heavy (non-hydrogen) atoms. The highest BCUT2D eigenvalue weighted by Crippen LogP contribution is 2.49. The molecule has 0 saturated heterocycles. The van der Waals surface area contributed by atoms with Crippen LogP contribution in [0.15, 0.2) is 0 Å². The molecular formula is C24H51N. The number of nitrogens with one attached hydrogen (secondary N) is 1. The fourth-order valence-corrected chi connectivity index (χ4v) is 4.57. The minimum absolute atomic E-state index is 0.402. The summed E-state index contributed by atoms with van der Waals surface area (Å²) in [6.45, 7) is 21.7. The fraction of sp³-hybridized carbons (Fsp3) is 1.00. The van der Waals surface area contributed by atoms with Crippen LogP contribution in [-0.4, -0.2) is 13.1 Å². The summed E-state index contributed by atoms with van der Waals surface area (Å²) in [6.07, 6.45) is 13.5. The normalized spacial score (nSPS) is 18.1. The minimum Gasteiger partial charge on any atom is -0.316 e. The third-order valence-corrected chi connectivity index (χ3v) is 7.50. The Labute approximate surface area is 161 Å². The maximum absolute atomic E-state index is 3.76. The predicted octanol–water partition coefficient (Wildman–Crippen LogP) is 7.84. The summed E-state index contributed by atoms with van der Waals surface area (Å²) in [4.78, 5) is 0. The molecule has 0 bridgehead atoms. The van der Waals surface area contributed by atoms with Crippen molar-refractivity contribution in [3.63, 3.8) is 0 Å². The van der Waals surface area contributed by atoms with Crippen molar-refractivity contribution in [3.05, 3.63) is 0 Å². The van der Waals surface area contributed by atoms with Gasteiger partial charge >= 0.3 is 0 Å². The van der Waals surface area contributed by atoms with Gasteiger partial charge in [0, 0.05) is 6.54 Å². The van der Waals surface area contributed by atoms with E-state index in [1.54, 1.807) is 0 Å². The SMILES string of the molecule is CCCCNC[C@@](C)(CC)C(C)(CC)CC(C)CCCC(CC)CC. The quantitative estimate of drug-likeness (QED) is 0.279. The average molecular weight is 354 g/mol. The van der Waals surface area contributed by atoms with E-state index in [0.717, 1.165) is 11.8 Å². The van der Waals surface area contributed by atoms with E-state index in [4.69, 9.17) is 0 Å². The molecule has 1 N–H and O–H groups in total. The average Bonchev–Trinajstić information content (AvgIpc) is 2.61. The highest BCUT2D eigenvalue weighted by Gasteiger charge is 2.42. The molecule has 0 aliphatic carbocycles. The molecule has 1 nitrogen and oxygen atoms in total. The summed E-state index contributed by atoms with van der Waals surface area (Å²) in [5.41, 5.74) is 0.842. The van der Waals surface area contributed by atoms with Crippen LogP contribution in [0.5, 0.6) is 0 Å². The summed E-state index contributed by atoms with van der Waals surface area (Å²) >= 11 is 0. The van der Waals surface area contributed by atoms with Gasteiger partial charge in [0.25, 0.3) is 0 Å². The Morgan fingerprint density at radius 1 is 0.800 bits per heavy atom. The smallest absolute Gasteiger partial charge is 0.00103 e. The first-order valence-corrected chi connectivity index (χ1v) is 11.5. The van der Waals surface area contributed by atoms with E-state index < -0.39 is 0 Å². The first-order valence-electron chi connectivity index (χ1n) is 11.5. The monoisotopic (exact) mass is 353 g/mol. The van der Waals surface area contributed by atoms with E-state index in [9.17, 15) is 0 Å². The maximum Gasteiger partial charge on any atom is 0.00103 e. The van der Waals surface area contributed by atoms with Crippen LogP contribution in [-0.2, 0) is 0 Å². The molecule has 3 atom stereocenters. The second kappa shape index (κ2) is 13.2. The Kier molecular flexibility index (Phi) is 13.2. The zero-order chi connectivity index (χ0) is 19.3. The van der Waals surface area contributed by atoms with Crippen LogP contribution >= 0.6 is 0 Å². The maximum atomic E-state index is 3.76. The second-order valence-electron chi connectivity index (χ2n) is 9.28. The van der Waals surface area contributed by atoms with Crippen molar-refractivity contribution in [2.75, 3.05) is 13.1 Å². The lowest BCUT2D eigenvalue weighted by molar-refractivity contribution is 0.0325. The van der Waals surface area contributed by atoms with Gasteiger partial charge in [0.2, 0.25) is 0 Å². The van der Waals surface area contributed by atoms with E-state index in [1.807, 2.05) is 0 Å². The molecular weight excluding hydrogens is 302 g/mol. The highest BCUT2D eigenvalue weighted by atomic mass is 14.9. The Morgan fingerprint density at radius 2 is 1.40 bits per heavy atom. The summed E-state index contributed by atoms with van der Waals surface area (Å²) in [7, 11) is 0. The van der Waals surface area contributed by atoms with Crippen molar-refractivity contribution in [2.45, 2.75) is 120 Å². The van der Waals surface area contributed by atoms with Crippen molar-refractivity contribution in [3.8, 4) is 0 Å². The Hall–Kier alpha value is -0.0400.